The number of aromatic nitrogens is 2. The first kappa shape index (κ1) is 12.6. The van der Waals surface area contributed by atoms with Crippen LogP contribution in [0.15, 0.2) is 36.5 Å². The summed E-state index contributed by atoms with van der Waals surface area (Å²) in [7, 11) is 1.84. The first-order valence-corrected chi connectivity index (χ1v) is 6.14. The van der Waals surface area contributed by atoms with Gasteiger partial charge in [0.1, 0.15) is 0 Å². The highest BCUT2D eigenvalue weighted by Gasteiger charge is 2.06. The maximum Gasteiger partial charge on any atom is 0.251 e. The lowest BCUT2D eigenvalue weighted by Crippen LogP contribution is -2.24. The van der Waals surface area contributed by atoms with E-state index in [9.17, 15) is 4.79 Å². The maximum atomic E-state index is 11.9. The quantitative estimate of drug-likeness (QED) is 0.859. The number of aryl methyl sites for hydroxylation is 1. The molecule has 0 aliphatic heterocycles. The van der Waals surface area contributed by atoms with Gasteiger partial charge in [0, 0.05) is 24.7 Å². The zero-order valence-corrected chi connectivity index (χ0v) is 10.8. The van der Waals surface area contributed by atoms with Crippen LogP contribution in [0, 0.1) is 0 Å². The lowest BCUT2D eigenvalue weighted by molar-refractivity contribution is 0.0950. The van der Waals surface area contributed by atoms with Crippen LogP contribution in [0.1, 0.15) is 21.6 Å². The molecule has 4 nitrogen and oxygen atoms in total. The van der Waals surface area contributed by atoms with Crippen molar-refractivity contribution in [2.45, 2.75) is 12.4 Å². The van der Waals surface area contributed by atoms with Crippen molar-refractivity contribution in [3.05, 3.63) is 53.3 Å². The fourth-order valence-electron chi connectivity index (χ4n) is 1.59. The molecule has 0 atom stereocenters. The second kappa shape index (κ2) is 5.69. The third-order valence-electron chi connectivity index (χ3n) is 2.72. The van der Waals surface area contributed by atoms with Crippen molar-refractivity contribution < 1.29 is 4.79 Å². The Morgan fingerprint density at radius 3 is 2.61 bits per heavy atom. The number of nitrogens with one attached hydrogen (secondary N) is 1. The van der Waals surface area contributed by atoms with E-state index in [1.165, 1.54) is 0 Å². The second-order valence-electron chi connectivity index (χ2n) is 3.96. The second-order valence-corrected chi connectivity index (χ2v) is 4.23. The Hall–Kier alpha value is -1.81. The highest BCUT2D eigenvalue weighted by molar-refractivity contribution is 6.17. The summed E-state index contributed by atoms with van der Waals surface area (Å²) in [5.74, 6) is 0.356. The van der Waals surface area contributed by atoms with Gasteiger partial charge in [-0.15, -0.1) is 11.6 Å². The number of halogens is 1. The van der Waals surface area contributed by atoms with Gasteiger partial charge in [0.05, 0.1) is 12.2 Å². The van der Waals surface area contributed by atoms with Gasteiger partial charge >= 0.3 is 0 Å². The molecule has 2 rings (SSSR count). The number of nitrogens with zero attached hydrogens (tertiary/aromatic N) is 2. The van der Waals surface area contributed by atoms with Gasteiger partial charge in [0.15, 0.2) is 0 Å². The monoisotopic (exact) mass is 263 g/mol. The molecule has 18 heavy (non-hydrogen) atoms. The van der Waals surface area contributed by atoms with Crippen molar-refractivity contribution in [3.8, 4) is 0 Å². The minimum atomic E-state index is -0.0997. The van der Waals surface area contributed by atoms with Crippen LogP contribution < -0.4 is 5.32 Å². The summed E-state index contributed by atoms with van der Waals surface area (Å²) >= 11 is 5.69. The Kier molecular flexibility index (Phi) is 3.99. The molecule has 94 valence electrons. The van der Waals surface area contributed by atoms with E-state index < -0.39 is 0 Å². The van der Waals surface area contributed by atoms with Gasteiger partial charge in [-0.3, -0.25) is 9.48 Å². The Bertz CT molecular complexity index is 533. The third kappa shape index (κ3) is 2.90. The van der Waals surface area contributed by atoms with E-state index in [-0.39, 0.29) is 5.91 Å². The van der Waals surface area contributed by atoms with Crippen molar-refractivity contribution in [2.24, 2.45) is 7.05 Å². The van der Waals surface area contributed by atoms with E-state index in [0.717, 1.165) is 11.3 Å². The van der Waals surface area contributed by atoms with E-state index in [2.05, 4.69) is 10.4 Å². The van der Waals surface area contributed by atoms with Gasteiger partial charge < -0.3 is 5.32 Å². The predicted octanol–water partition coefficient (Wildman–Crippen LogP) is 2.09. The lowest BCUT2D eigenvalue weighted by Gasteiger charge is -2.06. The average Bonchev–Trinajstić information content (AvgIpc) is 2.81. The third-order valence-corrected chi connectivity index (χ3v) is 3.03. The molecule has 1 aromatic carbocycles. The van der Waals surface area contributed by atoms with Crippen molar-refractivity contribution >= 4 is 17.5 Å². The fraction of sp³-hybridized carbons (Fsp3) is 0.231. The summed E-state index contributed by atoms with van der Waals surface area (Å²) < 4.78 is 1.73. The molecule has 5 heteroatoms. The molecule has 2 aromatic rings. The number of carbonyl (C=O) groups excluding carboxylic acids is 1. The summed E-state index contributed by atoms with van der Waals surface area (Å²) in [4.78, 5) is 11.9. The Labute approximate surface area is 111 Å². The molecule has 0 spiro atoms. The highest BCUT2D eigenvalue weighted by Crippen LogP contribution is 2.07. The largest absolute Gasteiger partial charge is 0.346 e. The van der Waals surface area contributed by atoms with Crippen molar-refractivity contribution in [1.29, 1.82) is 0 Å². The topological polar surface area (TPSA) is 46.9 Å². The predicted molar refractivity (Wildman–Crippen MR) is 70.4 cm³/mol. The van der Waals surface area contributed by atoms with Gasteiger partial charge in [-0.25, -0.2) is 0 Å². The van der Waals surface area contributed by atoms with E-state index in [4.69, 9.17) is 11.6 Å². The Balaban J connectivity index is 1.97. The van der Waals surface area contributed by atoms with Gasteiger partial charge in [0.2, 0.25) is 0 Å². The number of alkyl halides is 1. The smallest absolute Gasteiger partial charge is 0.251 e. The van der Waals surface area contributed by atoms with Gasteiger partial charge in [-0.05, 0) is 23.8 Å². The molecule has 1 N–H and O–H groups in total. The van der Waals surface area contributed by atoms with Gasteiger partial charge in [-0.1, -0.05) is 12.1 Å². The van der Waals surface area contributed by atoms with Crippen LogP contribution >= 0.6 is 11.6 Å². The summed E-state index contributed by atoms with van der Waals surface area (Å²) in [6.07, 6.45) is 1.71. The zero-order chi connectivity index (χ0) is 13.0. The first-order chi connectivity index (χ1) is 8.70. The SMILES string of the molecule is Cn1nccc1CNC(=O)c1ccc(CCl)cc1. The molecule has 0 fully saturated rings. The molecule has 0 radical (unpaired) electrons. The molecular formula is C13H14ClN3O. The van der Waals surface area contributed by atoms with Crippen LogP contribution in [0.2, 0.25) is 0 Å². The van der Waals surface area contributed by atoms with E-state index in [1.807, 2.05) is 25.2 Å². The molecule has 0 bridgehead atoms. The number of hydrogen-bond donors (Lipinski definition) is 1. The lowest BCUT2D eigenvalue weighted by atomic mass is 10.1. The highest BCUT2D eigenvalue weighted by atomic mass is 35.5. The number of carbonyl (C=O) groups is 1. The van der Waals surface area contributed by atoms with Crippen LogP contribution in [-0.4, -0.2) is 15.7 Å². The molecular weight excluding hydrogens is 250 g/mol. The number of rotatable bonds is 4. The minimum absolute atomic E-state index is 0.0997. The Morgan fingerprint density at radius 2 is 2.06 bits per heavy atom. The van der Waals surface area contributed by atoms with Crippen LogP contribution in [-0.2, 0) is 19.5 Å². The molecule has 0 saturated heterocycles. The number of amides is 1. The molecule has 1 aromatic heterocycles. The van der Waals surface area contributed by atoms with E-state index in [0.29, 0.717) is 18.0 Å². The molecule has 1 heterocycles. The van der Waals surface area contributed by atoms with Crippen molar-refractivity contribution in [2.75, 3.05) is 0 Å². The maximum absolute atomic E-state index is 11.9. The van der Waals surface area contributed by atoms with Crippen LogP contribution in [0.25, 0.3) is 0 Å². The standard InChI is InChI=1S/C13H14ClN3O/c1-17-12(6-7-16-17)9-15-13(18)11-4-2-10(8-14)3-5-11/h2-7H,8-9H2,1H3,(H,15,18). The van der Waals surface area contributed by atoms with Gasteiger partial charge in [-0.2, -0.15) is 5.10 Å². The first-order valence-electron chi connectivity index (χ1n) is 5.60. The molecule has 0 aliphatic rings. The number of benzene rings is 1. The normalized spacial score (nSPS) is 10.3. The van der Waals surface area contributed by atoms with E-state index >= 15 is 0 Å². The summed E-state index contributed by atoms with van der Waals surface area (Å²) in [5.41, 5.74) is 2.59. The summed E-state index contributed by atoms with van der Waals surface area (Å²) in [6.45, 7) is 0.465. The summed E-state index contributed by atoms with van der Waals surface area (Å²) in [5, 5.41) is 6.89. The van der Waals surface area contributed by atoms with Crippen LogP contribution in [0.5, 0.6) is 0 Å². The zero-order valence-electron chi connectivity index (χ0n) is 10.1. The van der Waals surface area contributed by atoms with Crippen molar-refractivity contribution in [1.82, 2.24) is 15.1 Å². The number of hydrogen-bond acceptors (Lipinski definition) is 2. The molecule has 0 unspecified atom stereocenters. The van der Waals surface area contributed by atoms with Crippen molar-refractivity contribution in [3.63, 3.8) is 0 Å². The molecule has 1 amide bonds. The van der Waals surface area contributed by atoms with Crippen LogP contribution in [0.4, 0.5) is 0 Å². The molecule has 0 saturated carbocycles. The fourth-order valence-corrected chi connectivity index (χ4v) is 1.77. The minimum Gasteiger partial charge on any atom is -0.346 e. The van der Waals surface area contributed by atoms with Crippen LogP contribution in [0.3, 0.4) is 0 Å². The Morgan fingerprint density at radius 1 is 1.33 bits per heavy atom. The van der Waals surface area contributed by atoms with Gasteiger partial charge in [0.25, 0.3) is 5.91 Å². The molecule has 0 aliphatic carbocycles. The average molecular weight is 264 g/mol. The van der Waals surface area contributed by atoms with E-state index in [1.54, 1.807) is 23.0 Å². The summed E-state index contributed by atoms with van der Waals surface area (Å²) in [6, 6.07) is 9.13.